The van der Waals surface area contributed by atoms with Crippen molar-refractivity contribution >= 4 is 45.4 Å². The number of carbonyl (C=O) groups is 1. The molecule has 0 heterocycles. The number of methoxy groups -OCH3 is 1. The van der Waals surface area contributed by atoms with E-state index in [0.29, 0.717) is 21.5 Å². The average molecular weight is 346 g/mol. The minimum Gasteiger partial charge on any atom is -0.493 e. The van der Waals surface area contributed by atoms with Crippen molar-refractivity contribution < 1.29 is 14.3 Å². The number of nitrogens with zero attached hydrogens (tertiary/aromatic N) is 1. The Morgan fingerprint density at radius 1 is 1.58 bits per heavy atom. The lowest BCUT2D eigenvalue weighted by atomic mass is 10.2. The summed E-state index contributed by atoms with van der Waals surface area (Å²) in [5, 5.41) is 3.89. The fourth-order valence-corrected chi connectivity index (χ4v) is 1.82. The third kappa shape index (κ3) is 4.84. The zero-order valence-electron chi connectivity index (χ0n) is 10.3. The minimum atomic E-state index is -0.435. The summed E-state index contributed by atoms with van der Waals surface area (Å²) in [5.41, 5.74) is 8.38. The second kappa shape index (κ2) is 7.05. The predicted octanol–water partition coefficient (Wildman–Crippen LogP) is 1.55. The lowest BCUT2D eigenvalue weighted by molar-refractivity contribution is -0.132. The van der Waals surface area contributed by atoms with Gasteiger partial charge in [-0.3, -0.25) is 10.2 Å². The molecule has 19 heavy (non-hydrogen) atoms. The van der Waals surface area contributed by atoms with Crippen molar-refractivity contribution in [2.45, 2.75) is 6.92 Å². The number of nitrogens with one attached hydrogen (secondary N) is 1. The molecule has 0 radical (unpaired) electrons. The highest BCUT2D eigenvalue weighted by Gasteiger charge is 2.13. The Labute approximate surface area is 124 Å². The van der Waals surface area contributed by atoms with Crippen LogP contribution in [0.1, 0.15) is 12.5 Å². The standard InChI is InChI=1S/C11H12BrN3O3S/c1-6(16)18-10-8(12)3-7(4-9(10)17-2)5-14-15-11(13)19/h3-5H,1-2H3,(H3,13,15,19)/b14-5+. The first-order valence-electron chi connectivity index (χ1n) is 5.08. The van der Waals surface area contributed by atoms with Gasteiger partial charge in [0, 0.05) is 6.92 Å². The van der Waals surface area contributed by atoms with Gasteiger partial charge in [-0.1, -0.05) is 0 Å². The molecule has 0 unspecified atom stereocenters. The van der Waals surface area contributed by atoms with Gasteiger partial charge in [-0.2, -0.15) is 5.10 Å². The van der Waals surface area contributed by atoms with E-state index in [1.807, 2.05) is 0 Å². The first kappa shape index (κ1) is 15.4. The Hall–Kier alpha value is -1.67. The third-order valence-electron chi connectivity index (χ3n) is 1.89. The average Bonchev–Trinajstić information content (AvgIpc) is 2.31. The number of rotatable bonds is 4. The molecule has 1 rings (SSSR count). The van der Waals surface area contributed by atoms with Crippen LogP contribution in [0.2, 0.25) is 0 Å². The molecule has 8 heteroatoms. The molecule has 3 N–H and O–H groups in total. The minimum absolute atomic E-state index is 0.0683. The van der Waals surface area contributed by atoms with Gasteiger partial charge in [-0.25, -0.2) is 0 Å². The summed E-state index contributed by atoms with van der Waals surface area (Å²) in [6.45, 7) is 1.31. The van der Waals surface area contributed by atoms with Gasteiger partial charge in [0.2, 0.25) is 0 Å². The van der Waals surface area contributed by atoms with Gasteiger partial charge >= 0.3 is 5.97 Å². The molecule has 0 aromatic heterocycles. The number of hydrazone groups is 1. The van der Waals surface area contributed by atoms with Crippen molar-refractivity contribution in [2.24, 2.45) is 10.8 Å². The highest BCUT2D eigenvalue weighted by atomic mass is 79.9. The van der Waals surface area contributed by atoms with Gasteiger partial charge in [0.1, 0.15) is 0 Å². The van der Waals surface area contributed by atoms with E-state index in [1.165, 1.54) is 20.2 Å². The monoisotopic (exact) mass is 345 g/mol. The van der Waals surface area contributed by atoms with Crippen LogP contribution < -0.4 is 20.6 Å². The van der Waals surface area contributed by atoms with Crippen molar-refractivity contribution in [3.05, 3.63) is 22.2 Å². The summed E-state index contributed by atoms with van der Waals surface area (Å²) < 4.78 is 10.8. The van der Waals surface area contributed by atoms with Gasteiger partial charge in [-0.05, 0) is 45.8 Å². The number of carbonyl (C=O) groups excluding carboxylic acids is 1. The number of hydrogen-bond acceptors (Lipinski definition) is 5. The second-order valence-corrected chi connectivity index (χ2v) is 4.66. The summed E-state index contributed by atoms with van der Waals surface area (Å²) in [6, 6.07) is 3.37. The number of esters is 1. The number of ether oxygens (including phenoxy) is 2. The van der Waals surface area contributed by atoms with Crippen LogP contribution in [0.25, 0.3) is 0 Å². The number of thiocarbonyl (C=S) groups is 1. The number of benzene rings is 1. The van der Waals surface area contributed by atoms with Crippen LogP contribution in [-0.4, -0.2) is 24.4 Å². The number of hydrogen-bond donors (Lipinski definition) is 2. The Morgan fingerprint density at radius 3 is 2.79 bits per heavy atom. The van der Waals surface area contributed by atoms with E-state index in [2.05, 4.69) is 38.7 Å². The third-order valence-corrected chi connectivity index (χ3v) is 2.57. The van der Waals surface area contributed by atoms with Crippen molar-refractivity contribution in [1.29, 1.82) is 0 Å². The van der Waals surface area contributed by atoms with Gasteiger partial charge in [0.05, 0.1) is 17.8 Å². The maximum atomic E-state index is 11.0. The van der Waals surface area contributed by atoms with Gasteiger partial charge < -0.3 is 15.2 Å². The molecule has 0 saturated carbocycles. The molecular weight excluding hydrogens is 334 g/mol. The van der Waals surface area contributed by atoms with E-state index in [4.69, 9.17) is 15.2 Å². The first-order chi connectivity index (χ1) is 8.93. The van der Waals surface area contributed by atoms with Crippen molar-refractivity contribution in [3.63, 3.8) is 0 Å². The predicted molar refractivity (Wildman–Crippen MR) is 79.5 cm³/mol. The molecular formula is C11H12BrN3O3S. The molecule has 0 fully saturated rings. The molecule has 0 bridgehead atoms. The van der Waals surface area contributed by atoms with E-state index in [0.717, 1.165) is 0 Å². The van der Waals surface area contributed by atoms with E-state index in [-0.39, 0.29) is 5.11 Å². The number of halogens is 1. The molecule has 6 nitrogen and oxygen atoms in total. The zero-order chi connectivity index (χ0) is 14.4. The second-order valence-electron chi connectivity index (χ2n) is 3.36. The molecule has 0 amide bonds. The molecule has 102 valence electrons. The van der Waals surface area contributed by atoms with Crippen LogP contribution in [0.5, 0.6) is 11.5 Å². The molecule has 1 aromatic carbocycles. The lowest BCUT2D eigenvalue weighted by Crippen LogP contribution is -2.23. The van der Waals surface area contributed by atoms with E-state index >= 15 is 0 Å². The Bertz CT molecular complexity index is 534. The van der Waals surface area contributed by atoms with Crippen molar-refractivity contribution in [1.82, 2.24) is 5.43 Å². The van der Waals surface area contributed by atoms with E-state index < -0.39 is 5.97 Å². The first-order valence-corrected chi connectivity index (χ1v) is 6.28. The van der Waals surface area contributed by atoms with Crippen LogP contribution >= 0.6 is 28.1 Å². The highest BCUT2D eigenvalue weighted by molar-refractivity contribution is 9.10. The lowest BCUT2D eigenvalue weighted by Gasteiger charge is -2.10. The molecule has 0 aliphatic heterocycles. The van der Waals surface area contributed by atoms with Crippen LogP contribution in [-0.2, 0) is 4.79 Å². The summed E-state index contributed by atoms with van der Waals surface area (Å²) >= 11 is 7.91. The maximum absolute atomic E-state index is 11.0. The van der Waals surface area contributed by atoms with Gasteiger partial charge in [0.15, 0.2) is 16.6 Å². The van der Waals surface area contributed by atoms with Crippen LogP contribution in [0, 0.1) is 0 Å². The molecule has 0 saturated heterocycles. The quantitative estimate of drug-likeness (QED) is 0.283. The van der Waals surface area contributed by atoms with Crippen LogP contribution in [0.15, 0.2) is 21.7 Å². The molecule has 0 aliphatic carbocycles. The Morgan fingerprint density at radius 2 is 2.26 bits per heavy atom. The zero-order valence-corrected chi connectivity index (χ0v) is 12.7. The molecule has 0 spiro atoms. The smallest absolute Gasteiger partial charge is 0.308 e. The van der Waals surface area contributed by atoms with E-state index in [9.17, 15) is 4.79 Å². The van der Waals surface area contributed by atoms with Gasteiger partial charge in [0.25, 0.3) is 0 Å². The van der Waals surface area contributed by atoms with E-state index in [1.54, 1.807) is 12.1 Å². The SMILES string of the molecule is COc1cc(/C=N/NC(N)=S)cc(Br)c1OC(C)=O. The summed E-state index contributed by atoms with van der Waals surface area (Å²) in [4.78, 5) is 11.0. The summed E-state index contributed by atoms with van der Waals surface area (Å²) in [7, 11) is 1.48. The fourth-order valence-electron chi connectivity index (χ4n) is 1.23. The summed E-state index contributed by atoms with van der Waals surface area (Å²) in [6.07, 6.45) is 1.50. The van der Waals surface area contributed by atoms with Crippen molar-refractivity contribution in [3.8, 4) is 11.5 Å². The fraction of sp³-hybridized carbons (Fsp3) is 0.182. The Balaban J connectivity index is 3.05. The van der Waals surface area contributed by atoms with Crippen LogP contribution in [0.3, 0.4) is 0 Å². The number of nitrogens with two attached hydrogens (primary N) is 1. The highest BCUT2D eigenvalue weighted by Crippen LogP contribution is 2.36. The van der Waals surface area contributed by atoms with Gasteiger partial charge in [-0.15, -0.1) is 0 Å². The molecule has 1 aromatic rings. The van der Waals surface area contributed by atoms with Crippen molar-refractivity contribution in [2.75, 3.05) is 7.11 Å². The molecule has 0 aliphatic rings. The normalized spacial score (nSPS) is 10.3. The Kier molecular flexibility index (Phi) is 5.71. The topological polar surface area (TPSA) is 85.9 Å². The molecule has 0 atom stereocenters. The summed E-state index contributed by atoms with van der Waals surface area (Å²) in [5.74, 6) is 0.284. The maximum Gasteiger partial charge on any atom is 0.308 e. The largest absolute Gasteiger partial charge is 0.493 e. The van der Waals surface area contributed by atoms with Crippen LogP contribution in [0.4, 0.5) is 0 Å².